The topological polar surface area (TPSA) is 63.2 Å². The van der Waals surface area contributed by atoms with Gasteiger partial charge >= 0.3 is 0 Å². The molecule has 0 rings (SSSR count). The largest absolute Gasteiger partial charge is 0.359 e. The fourth-order valence-electron chi connectivity index (χ4n) is 1.24. The molecule has 0 saturated carbocycles. The molecule has 0 aromatic heterocycles. The van der Waals surface area contributed by atoms with Gasteiger partial charge in [-0.25, -0.2) is 0 Å². The lowest BCUT2D eigenvalue weighted by Crippen LogP contribution is -2.16. The Kier molecular flexibility index (Phi) is 9.05. The average Bonchev–Trinajstić information content (AvgIpc) is 2.22. The molecule has 0 aliphatic rings. The van der Waals surface area contributed by atoms with Gasteiger partial charge in [0.05, 0.1) is 0 Å². The van der Waals surface area contributed by atoms with Gasteiger partial charge in [0.1, 0.15) is 12.6 Å². The lowest BCUT2D eigenvalue weighted by atomic mass is 9.99. The highest BCUT2D eigenvalue weighted by Crippen LogP contribution is 2.10. The van der Waals surface area contributed by atoms with E-state index < -0.39 is 0 Å². The maximum absolute atomic E-state index is 10.6. The SMILES string of the molecule is O=CCCCCC(C=O)CCNC=O. The monoisotopic (exact) mass is 199 g/mol. The average molecular weight is 199 g/mol. The maximum atomic E-state index is 10.6. The number of rotatable bonds is 10. The summed E-state index contributed by atoms with van der Waals surface area (Å²) in [7, 11) is 0. The number of nitrogens with one attached hydrogen (secondary N) is 1. The van der Waals surface area contributed by atoms with Crippen LogP contribution in [0.25, 0.3) is 0 Å². The fraction of sp³-hybridized carbons (Fsp3) is 0.700. The van der Waals surface area contributed by atoms with Gasteiger partial charge in [-0.05, 0) is 19.3 Å². The number of unbranched alkanes of at least 4 members (excludes halogenated alkanes) is 2. The van der Waals surface area contributed by atoms with E-state index in [2.05, 4.69) is 5.32 Å². The summed E-state index contributed by atoms with van der Waals surface area (Å²) in [5, 5.41) is 2.52. The van der Waals surface area contributed by atoms with Crippen molar-refractivity contribution in [2.24, 2.45) is 5.92 Å². The van der Waals surface area contributed by atoms with Gasteiger partial charge < -0.3 is 14.9 Å². The zero-order chi connectivity index (χ0) is 10.6. The van der Waals surface area contributed by atoms with Gasteiger partial charge in [-0.2, -0.15) is 0 Å². The predicted molar refractivity (Wildman–Crippen MR) is 52.8 cm³/mol. The third-order valence-corrected chi connectivity index (χ3v) is 2.08. The molecule has 80 valence electrons. The molecule has 0 fully saturated rings. The molecular weight excluding hydrogens is 182 g/mol. The number of aldehydes is 2. The molecule has 0 saturated heterocycles. The molecule has 0 aromatic rings. The van der Waals surface area contributed by atoms with Crippen molar-refractivity contribution in [3.8, 4) is 0 Å². The Morgan fingerprint density at radius 3 is 2.43 bits per heavy atom. The summed E-state index contributed by atoms with van der Waals surface area (Å²) < 4.78 is 0. The van der Waals surface area contributed by atoms with Gasteiger partial charge in [0, 0.05) is 18.9 Å². The lowest BCUT2D eigenvalue weighted by Gasteiger charge is -2.08. The van der Waals surface area contributed by atoms with E-state index >= 15 is 0 Å². The van der Waals surface area contributed by atoms with Crippen molar-refractivity contribution in [2.75, 3.05) is 6.54 Å². The van der Waals surface area contributed by atoms with Crippen LogP contribution in [0.1, 0.15) is 32.1 Å². The van der Waals surface area contributed by atoms with Gasteiger partial charge in [0.15, 0.2) is 0 Å². The van der Waals surface area contributed by atoms with Crippen LogP contribution in [0.15, 0.2) is 0 Å². The molecule has 14 heavy (non-hydrogen) atoms. The van der Waals surface area contributed by atoms with E-state index in [4.69, 9.17) is 0 Å². The number of carbonyl (C=O) groups excluding carboxylic acids is 3. The molecular formula is C10H17NO3. The molecule has 4 heteroatoms. The number of amides is 1. The third kappa shape index (κ3) is 7.46. The third-order valence-electron chi connectivity index (χ3n) is 2.08. The second-order valence-corrected chi connectivity index (χ2v) is 3.21. The standard InChI is InChI=1S/C10H17NO3/c12-7-3-1-2-4-10(8-13)5-6-11-9-14/h7-10H,1-6H2,(H,11,14). The fourth-order valence-corrected chi connectivity index (χ4v) is 1.24. The molecule has 1 atom stereocenters. The minimum atomic E-state index is 0.00843. The van der Waals surface area contributed by atoms with Crippen LogP contribution in [0.3, 0.4) is 0 Å². The highest BCUT2D eigenvalue weighted by Gasteiger charge is 2.05. The zero-order valence-electron chi connectivity index (χ0n) is 8.28. The van der Waals surface area contributed by atoms with Crippen molar-refractivity contribution in [2.45, 2.75) is 32.1 Å². The van der Waals surface area contributed by atoms with Gasteiger partial charge in [0.2, 0.25) is 6.41 Å². The predicted octanol–water partition coefficient (Wildman–Crippen LogP) is 0.697. The van der Waals surface area contributed by atoms with Gasteiger partial charge in [-0.3, -0.25) is 4.79 Å². The quantitative estimate of drug-likeness (QED) is 0.416. The Balaban J connectivity index is 3.42. The Hall–Kier alpha value is -1.19. The van der Waals surface area contributed by atoms with Crippen molar-refractivity contribution < 1.29 is 14.4 Å². The Labute approximate surface area is 84.1 Å². The first-order valence-corrected chi connectivity index (χ1v) is 4.91. The van der Waals surface area contributed by atoms with E-state index in [1.54, 1.807) is 0 Å². The summed E-state index contributed by atoms with van der Waals surface area (Å²) in [6.45, 7) is 0.542. The van der Waals surface area contributed by atoms with Crippen LogP contribution in [0.5, 0.6) is 0 Å². The number of carbonyl (C=O) groups is 3. The van der Waals surface area contributed by atoms with Crippen LogP contribution in [-0.2, 0) is 14.4 Å². The summed E-state index contributed by atoms with van der Waals surface area (Å²) in [5.74, 6) is 0.00843. The molecule has 1 N–H and O–H groups in total. The molecule has 4 nitrogen and oxygen atoms in total. The van der Waals surface area contributed by atoms with Crippen LogP contribution in [-0.4, -0.2) is 25.5 Å². The number of hydrogen-bond donors (Lipinski definition) is 1. The summed E-state index contributed by atoms with van der Waals surface area (Å²) in [6, 6.07) is 0. The second kappa shape index (κ2) is 9.89. The smallest absolute Gasteiger partial charge is 0.207 e. The molecule has 0 aliphatic carbocycles. The van der Waals surface area contributed by atoms with E-state index in [0.717, 1.165) is 31.8 Å². The number of hydrogen-bond acceptors (Lipinski definition) is 3. The van der Waals surface area contributed by atoms with Crippen molar-refractivity contribution in [1.29, 1.82) is 0 Å². The van der Waals surface area contributed by atoms with Crippen molar-refractivity contribution in [1.82, 2.24) is 5.32 Å². The normalized spacial score (nSPS) is 11.7. The highest BCUT2D eigenvalue weighted by molar-refractivity contribution is 5.53. The molecule has 0 aromatic carbocycles. The Morgan fingerprint density at radius 1 is 1.07 bits per heavy atom. The van der Waals surface area contributed by atoms with Gasteiger partial charge in [-0.15, -0.1) is 0 Å². The van der Waals surface area contributed by atoms with E-state index in [1.165, 1.54) is 0 Å². The van der Waals surface area contributed by atoms with Crippen LogP contribution in [0.4, 0.5) is 0 Å². The second-order valence-electron chi connectivity index (χ2n) is 3.21. The van der Waals surface area contributed by atoms with E-state index in [9.17, 15) is 14.4 Å². The Bertz CT molecular complexity index is 171. The highest BCUT2D eigenvalue weighted by atomic mass is 16.1. The first-order valence-electron chi connectivity index (χ1n) is 4.91. The van der Waals surface area contributed by atoms with E-state index in [0.29, 0.717) is 25.8 Å². The molecule has 0 heterocycles. The zero-order valence-corrected chi connectivity index (χ0v) is 8.28. The molecule has 1 unspecified atom stereocenters. The first kappa shape index (κ1) is 12.8. The van der Waals surface area contributed by atoms with Crippen LogP contribution >= 0.6 is 0 Å². The maximum Gasteiger partial charge on any atom is 0.207 e. The summed E-state index contributed by atoms with van der Waals surface area (Å²) in [4.78, 5) is 30.5. The summed E-state index contributed by atoms with van der Waals surface area (Å²) in [6.07, 6.45) is 6.24. The van der Waals surface area contributed by atoms with Crippen molar-refractivity contribution >= 4 is 19.0 Å². The molecule has 0 bridgehead atoms. The first-order chi connectivity index (χ1) is 6.85. The Morgan fingerprint density at radius 2 is 1.86 bits per heavy atom. The summed E-state index contributed by atoms with van der Waals surface area (Å²) in [5.41, 5.74) is 0. The van der Waals surface area contributed by atoms with Crippen molar-refractivity contribution in [3.63, 3.8) is 0 Å². The lowest BCUT2D eigenvalue weighted by molar-refractivity contribution is -0.112. The van der Waals surface area contributed by atoms with Gasteiger partial charge in [0.25, 0.3) is 0 Å². The summed E-state index contributed by atoms with van der Waals surface area (Å²) >= 11 is 0. The molecule has 0 spiro atoms. The van der Waals surface area contributed by atoms with E-state index in [1.807, 2.05) is 0 Å². The van der Waals surface area contributed by atoms with Crippen LogP contribution in [0, 0.1) is 5.92 Å². The minimum Gasteiger partial charge on any atom is -0.359 e. The van der Waals surface area contributed by atoms with Gasteiger partial charge in [-0.1, -0.05) is 6.42 Å². The minimum absolute atomic E-state index is 0.00843. The molecule has 1 amide bonds. The van der Waals surface area contributed by atoms with Crippen molar-refractivity contribution in [3.05, 3.63) is 0 Å². The van der Waals surface area contributed by atoms with Crippen LogP contribution < -0.4 is 5.32 Å². The van der Waals surface area contributed by atoms with E-state index in [-0.39, 0.29) is 5.92 Å². The van der Waals surface area contributed by atoms with Crippen LogP contribution in [0.2, 0.25) is 0 Å². The molecule has 0 aliphatic heterocycles. The molecule has 0 radical (unpaired) electrons.